The van der Waals surface area contributed by atoms with Gasteiger partial charge < -0.3 is 20.1 Å². The van der Waals surface area contributed by atoms with Gasteiger partial charge in [-0.15, -0.1) is 0 Å². The molecule has 7 nitrogen and oxygen atoms in total. The van der Waals surface area contributed by atoms with E-state index in [1.165, 1.54) is 0 Å². The Bertz CT molecular complexity index is 499. The highest BCUT2D eigenvalue weighted by Gasteiger charge is 2.65. The Morgan fingerprint density at radius 3 is 2.08 bits per heavy atom. The molecule has 2 unspecified atom stereocenters. The number of likely N-dealkylation sites (tertiary alicyclic amines) is 1. The summed E-state index contributed by atoms with van der Waals surface area (Å²) in [5, 5.41) is 29.3. The molecular weight excluding hydrogens is 314 g/mol. The molecule has 24 heavy (non-hydrogen) atoms. The Balaban J connectivity index is 3.20. The van der Waals surface area contributed by atoms with Crippen LogP contribution in [0.5, 0.6) is 0 Å². The Kier molecular flexibility index (Phi) is 5.75. The minimum atomic E-state index is -1.31. The van der Waals surface area contributed by atoms with Crippen molar-refractivity contribution in [3.05, 3.63) is 0 Å². The second kappa shape index (κ2) is 6.61. The van der Waals surface area contributed by atoms with Gasteiger partial charge in [0, 0.05) is 12.1 Å². The average molecular weight is 345 g/mol. The Hall–Kier alpha value is -1.18. The number of esters is 1. The van der Waals surface area contributed by atoms with Crippen molar-refractivity contribution in [1.82, 2.24) is 4.90 Å². The monoisotopic (exact) mass is 345 g/mol. The molecule has 0 aromatic heterocycles. The molecule has 1 aliphatic rings. The van der Waals surface area contributed by atoms with Gasteiger partial charge in [0.15, 0.2) is 5.60 Å². The number of ether oxygens (including phenoxy) is 1. The molecule has 2 atom stereocenters. The first kappa shape index (κ1) is 20.9. The average Bonchev–Trinajstić information content (AvgIpc) is 2.39. The molecule has 1 saturated heterocycles. The second-order valence-electron chi connectivity index (χ2n) is 8.10. The minimum absolute atomic E-state index is 0.0575. The van der Waals surface area contributed by atoms with E-state index in [1.54, 1.807) is 13.8 Å². The lowest BCUT2D eigenvalue weighted by Gasteiger charge is -2.65. The number of rotatable bonds is 6. The van der Waals surface area contributed by atoms with Crippen molar-refractivity contribution in [1.29, 1.82) is 0 Å². The predicted octanol–water partition coefficient (Wildman–Crippen LogP) is 1.16. The number of aliphatic hydroxyl groups excluding tert-OH is 1. The van der Waals surface area contributed by atoms with Crippen molar-refractivity contribution in [2.24, 2.45) is 0 Å². The zero-order chi connectivity index (χ0) is 19.0. The first-order chi connectivity index (χ1) is 10.7. The van der Waals surface area contributed by atoms with Gasteiger partial charge in [0.25, 0.3) is 0 Å². The normalized spacial score (nSPS) is 32.3. The summed E-state index contributed by atoms with van der Waals surface area (Å²) >= 11 is 0. The van der Waals surface area contributed by atoms with Crippen molar-refractivity contribution in [2.75, 3.05) is 13.2 Å². The number of aliphatic carboxylic acids is 1. The van der Waals surface area contributed by atoms with Gasteiger partial charge in [-0.3, -0.25) is 14.5 Å². The van der Waals surface area contributed by atoms with Gasteiger partial charge in [-0.1, -0.05) is 0 Å². The van der Waals surface area contributed by atoms with Crippen LogP contribution < -0.4 is 0 Å². The predicted molar refractivity (Wildman–Crippen MR) is 88.6 cm³/mol. The van der Waals surface area contributed by atoms with Crippen LogP contribution in [0, 0.1) is 0 Å². The molecule has 140 valence electrons. The molecule has 1 aliphatic heterocycles. The largest absolute Gasteiger partial charge is 0.481 e. The second-order valence-corrected chi connectivity index (χ2v) is 8.10. The maximum Gasteiger partial charge on any atom is 0.307 e. The Morgan fingerprint density at radius 1 is 1.08 bits per heavy atom. The van der Waals surface area contributed by atoms with Crippen LogP contribution >= 0.6 is 0 Å². The van der Waals surface area contributed by atoms with Gasteiger partial charge in [-0.05, 0) is 48.0 Å². The van der Waals surface area contributed by atoms with Gasteiger partial charge >= 0.3 is 11.9 Å². The van der Waals surface area contributed by atoms with Gasteiger partial charge in [-0.2, -0.15) is 0 Å². The molecule has 0 radical (unpaired) electrons. The van der Waals surface area contributed by atoms with E-state index >= 15 is 0 Å². The minimum Gasteiger partial charge on any atom is -0.481 e. The van der Waals surface area contributed by atoms with Crippen LogP contribution in [-0.4, -0.2) is 67.6 Å². The van der Waals surface area contributed by atoms with Crippen molar-refractivity contribution in [3.63, 3.8) is 0 Å². The van der Waals surface area contributed by atoms with Crippen LogP contribution in [0.2, 0.25) is 0 Å². The number of hydrogen-bond acceptors (Lipinski definition) is 6. The third-order valence-electron chi connectivity index (χ3n) is 5.56. The lowest BCUT2D eigenvalue weighted by molar-refractivity contribution is -0.271. The van der Waals surface area contributed by atoms with Crippen LogP contribution in [0.25, 0.3) is 0 Å². The fourth-order valence-corrected chi connectivity index (χ4v) is 4.18. The van der Waals surface area contributed by atoms with E-state index in [0.29, 0.717) is 13.0 Å². The molecule has 7 heteroatoms. The highest BCUT2D eigenvalue weighted by atomic mass is 16.6. The number of hydrogen-bond donors (Lipinski definition) is 3. The number of β-amino-alcohol motifs (C(OH)–C–C–N with tert-alkyl or cyclic N) is 1. The third kappa shape index (κ3) is 3.58. The van der Waals surface area contributed by atoms with E-state index < -0.39 is 34.2 Å². The summed E-state index contributed by atoms with van der Waals surface area (Å²) in [7, 11) is 0. The first-order valence-electron chi connectivity index (χ1n) is 8.26. The first-order valence-corrected chi connectivity index (χ1v) is 8.26. The molecule has 0 saturated carbocycles. The molecule has 1 fully saturated rings. The third-order valence-corrected chi connectivity index (χ3v) is 5.56. The highest BCUT2D eigenvalue weighted by Crippen LogP contribution is 2.51. The molecular formula is C17H31NO6. The van der Waals surface area contributed by atoms with E-state index in [9.17, 15) is 19.8 Å². The van der Waals surface area contributed by atoms with Gasteiger partial charge in [0.05, 0.1) is 25.0 Å². The fourth-order valence-electron chi connectivity index (χ4n) is 4.18. The maximum atomic E-state index is 12.2. The van der Waals surface area contributed by atoms with Crippen molar-refractivity contribution >= 4 is 11.9 Å². The molecule has 0 aliphatic carbocycles. The SMILES string of the molecule is CC1(C)CC(C)(O)C(C)(OC(=O)CCC(=O)O)C(C)(C)N1CCO. The van der Waals surface area contributed by atoms with E-state index in [-0.39, 0.29) is 19.4 Å². The summed E-state index contributed by atoms with van der Waals surface area (Å²) in [5.41, 5.74) is -3.77. The van der Waals surface area contributed by atoms with Gasteiger partial charge in [-0.25, -0.2) is 0 Å². The summed E-state index contributed by atoms with van der Waals surface area (Å²) in [4.78, 5) is 24.8. The smallest absolute Gasteiger partial charge is 0.307 e. The maximum absolute atomic E-state index is 12.2. The zero-order valence-corrected chi connectivity index (χ0v) is 15.5. The lowest BCUT2D eigenvalue weighted by atomic mass is 9.61. The Morgan fingerprint density at radius 2 is 1.62 bits per heavy atom. The number of carboxylic acids is 1. The van der Waals surface area contributed by atoms with Crippen molar-refractivity contribution < 1.29 is 29.6 Å². The zero-order valence-electron chi connectivity index (χ0n) is 15.5. The van der Waals surface area contributed by atoms with Crippen LogP contribution in [0.3, 0.4) is 0 Å². The number of carbonyl (C=O) groups is 2. The fraction of sp³-hybridized carbons (Fsp3) is 0.882. The number of piperidine rings is 1. The standard InChI is InChI=1S/C17H31NO6/c1-14(2)11-16(5,23)17(6,15(3,4)18(14)9-10-19)24-13(22)8-7-12(20)21/h19,23H,7-11H2,1-6H3,(H,20,21). The number of aliphatic hydroxyl groups is 2. The van der Waals surface area contributed by atoms with E-state index in [0.717, 1.165) is 0 Å². The van der Waals surface area contributed by atoms with Crippen LogP contribution in [0.1, 0.15) is 60.8 Å². The van der Waals surface area contributed by atoms with Gasteiger partial charge in [0.1, 0.15) is 5.60 Å². The lowest BCUT2D eigenvalue weighted by Crippen LogP contribution is -2.79. The summed E-state index contributed by atoms with van der Waals surface area (Å²) in [6.07, 6.45) is -0.226. The van der Waals surface area contributed by atoms with Crippen LogP contribution in [-0.2, 0) is 14.3 Å². The molecule has 0 spiro atoms. The van der Waals surface area contributed by atoms with Crippen molar-refractivity contribution in [2.45, 2.75) is 83.1 Å². The van der Waals surface area contributed by atoms with Crippen LogP contribution in [0.15, 0.2) is 0 Å². The highest BCUT2D eigenvalue weighted by molar-refractivity contribution is 5.77. The van der Waals surface area contributed by atoms with Crippen LogP contribution in [0.4, 0.5) is 0 Å². The molecule has 0 aromatic carbocycles. The molecule has 0 bridgehead atoms. The molecule has 0 aromatic rings. The topological polar surface area (TPSA) is 107 Å². The van der Waals surface area contributed by atoms with E-state index in [4.69, 9.17) is 9.84 Å². The molecule has 1 rings (SSSR count). The summed E-state index contributed by atoms with van der Waals surface area (Å²) < 4.78 is 5.65. The molecule has 0 amide bonds. The number of carbonyl (C=O) groups excluding carboxylic acids is 1. The Labute approximate surface area is 143 Å². The van der Waals surface area contributed by atoms with E-state index in [1.807, 2.05) is 32.6 Å². The summed E-state index contributed by atoms with van der Waals surface area (Å²) in [6, 6.07) is 0. The summed E-state index contributed by atoms with van der Waals surface area (Å²) in [5.74, 6) is -1.73. The molecule has 3 N–H and O–H groups in total. The number of carboxylic acid groups (broad SMARTS) is 1. The van der Waals surface area contributed by atoms with E-state index in [2.05, 4.69) is 0 Å². The summed E-state index contributed by atoms with van der Waals surface area (Å²) in [6.45, 7) is 11.3. The number of nitrogens with zero attached hydrogens (tertiary/aromatic N) is 1. The molecule has 1 heterocycles. The van der Waals surface area contributed by atoms with Gasteiger partial charge in [0.2, 0.25) is 0 Å². The van der Waals surface area contributed by atoms with Crippen molar-refractivity contribution in [3.8, 4) is 0 Å². The quantitative estimate of drug-likeness (QED) is 0.620.